The van der Waals surface area contributed by atoms with E-state index in [9.17, 15) is 0 Å². The second-order valence-corrected chi connectivity index (χ2v) is 4.74. The maximum atomic E-state index is 6.04. The summed E-state index contributed by atoms with van der Waals surface area (Å²) in [5.41, 5.74) is 6.56. The van der Waals surface area contributed by atoms with Crippen molar-refractivity contribution in [3.8, 4) is 0 Å². The normalized spacial score (nSPS) is 12.5. The molecule has 1 heterocycles. The van der Waals surface area contributed by atoms with E-state index in [0.717, 1.165) is 17.9 Å². The van der Waals surface area contributed by atoms with E-state index in [2.05, 4.69) is 16.8 Å². The zero-order valence-corrected chi connectivity index (χ0v) is 12.5. The lowest BCUT2D eigenvalue weighted by Crippen LogP contribution is -2.39. The zero-order valence-electron chi connectivity index (χ0n) is 11.7. The Morgan fingerprint density at radius 1 is 1.42 bits per heavy atom. The molecule has 0 aromatic carbocycles. The van der Waals surface area contributed by atoms with Gasteiger partial charge in [0.2, 0.25) is 0 Å². The highest BCUT2D eigenvalue weighted by molar-refractivity contribution is 6.31. The van der Waals surface area contributed by atoms with Gasteiger partial charge in [0.15, 0.2) is 0 Å². The van der Waals surface area contributed by atoms with E-state index in [1.54, 1.807) is 20.4 Å². The number of ether oxygens (including phenoxy) is 2. The van der Waals surface area contributed by atoms with E-state index < -0.39 is 0 Å². The first-order valence-electron chi connectivity index (χ1n) is 6.23. The van der Waals surface area contributed by atoms with Gasteiger partial charge in [-0.25, -0.2) is 4.98 Å². The lowest BCUT2D eigenvalue weighted by Gasteiger charge is -2.30. The fourth-order valence-electron chi connectivity index (χ4n) is 1.86. The number of rotatable bonds is 8. The number of hydrogen-bond acceptors (Lipinski definition) is 5. The van der Waals surface area contributed by atoms with Crippen LogP contribution in [0.4, 0.5) is 5.82 Å². The summed E-state index contributed by atoms with van der Waals surface area (Å²) in [7, 11) is 3.37. The van der Waals surface area contributed by atoms with Crippen LogP contribution in [0, 0.1) is 0 Å². The molecule has 5 nitrogen and oxygen atoms in total. The molecule has 0 spiro atoms. The second kappa shape index (κ2) is 8.32. The van der Waals surface area contributed by atoms with Gasteiger partial charge < -0.3 is 20.1 Å². The molecule has 19 heavy (non-hydrogen) atoms. The Balaban J connectivity index is 2.95. The number of nitrogens with zero attached hydrogens (tertiary/aromatic N) is 2. The summed E-state index contributed by atoms with van der Waals surface area (Å²) in [4.78, 5) is 6.50. The van der Waals surface area contributed by atoms with Crippen molar-refractivity contribution in [2.75, 3.05) is 38.9 Å². The molecule has 0 bridgehead atoms. The molecule has 0 saturated heterocycles. The molecule has 0 saturated carbocycles. The van der Waals surface area contributed by atoms with Gasteiger partial charge >= 0.3 is 0 Å². The van der Waals surface area contributed by atoms with Gasteiger partial charge in [0, 0.05) is 33.5 Å². The monoisotopic (exact) mass is 287 g/mol. The SMILES string of the molecule is COCCN(c1cc(CN)c(Cl)cn1)C(C)COC. The Morgan fingerprint density at radius 2 is 2.16 bits per heavy atom. The number of aromatic nitrogens is 1. The van der Waals surface area contributed by atoms with Gasteiger partial charge in [-0.1, -0.05) is 11.6 Å². The second-order valence-electron chi connectivity index (χ2n) is 4.33. The van der Waals surface area contributed by atoms with Crippen molar-refractivity contribution in [1.82, 2.24) is 4.98 Å². The number of anilines is 1. The molecular weight excluding hydrogens is 266 g/mol. The van der Waals surface area contributed by atoms with E-state index in [-0.39, 0.29) is 6.04 Å². The van der Waals surface area contributed by atoms with Crippen molar-refractivity contribution in [3.05, 3.63) is 22.8 Å². The first kappa shape index (κ1) is 16.2. The van der Waals surface area contributed by atoms with Gasteiger partial charge in [-0.3, -0.25) is 0 Å². The molecule has 0 aliphatic rings. The minimum atomic E-state index is 0.194. The highest BCUT2D eigenvalue weighted by Gasteiger charge is 2.16. The smallest absolute Gasteiger partial charge is 0.129 e. The maximum Gasteiger partial charge on any atom is 0.129 e. The van der Waals surface area contributed by atoms with Crippen LogP contribution >= 0.6 is 11.6 Å². The molecule has 1 atom stereocenters. The van der Waals surface area contributed by atoms with Crippen molar-refractivity contribution in [2.24, 2.45) is 5.73 Å². The van der Waals surface area contributed by atoms with Crippen LogP contribution in [0.5, 0.6) is 0 Å². The van der Waals surface area contributed by atoms with Crippen LogP contribution in [-0.4, -0.2) is 45.0 Å². The molecule has 0 amide bonds. The predicted molar refractivity (Wildman–Crippen MR) is 77.7 cm³/mol. The van der Waals surface area contributed by atoms with Crippen LogP contribution in [0.3, 0.4) is 0 Å². The number of pyridine rings is 1. The molecule has 1 aromatic rings. The summed E-state index contributed by atoms with van der Waals surface area (Å²) in [6.07, 6.45) is 1.64. The van der Waals surface area contributed by atoms with Crippen LogP contribution in [0.1, 0.15) is 12.5 Å². The third-order valence-corrected chi connectivity index (χ3v) is 3.25. The fraction of sp³-hybridized carbons (Fsp3) is 0.615. The minimum Gasteiger partial charge on any atom is -0.383 e. The molecule has 1 aromatic heterocycles. The summed E-state index contributed by atoms with van der Waals surface area (Å²) >= 11 is 6.04. The van der Waals surface area contributed by atoms with Crippen molar-refractivity contribution >= 4 is 17.4 Å². The molecule has 0 aliphatic heterocycles. The van der Waals surface area contributed by atoms with Crippen LogP contribution in [0.25, 0.3) is 0 Å². The first-order valence-corrected chi connectivity index (χ1v) is 6.60. The molecule has 0 aliphatic carbocycles. The first-order chi connectivity index (χ1) is 9.13. The minimum absolute atomic E-state index is 0.194. The van der Waals surface area contributed by atoms with Gasteiger partial charge in [0.05, 0.1) is 24.3 Å². The van der Waals surface area contributed by atoms with Crippen molar-refractivity contribution < 1.29 is 9.47 Å². The Bertz CT molecular complexity index is 390. The van der Waals surface area contributed by atoms with Crippen LogP contribution in [0.2, 0.25) is 5.02 Å². The van der Waals surface area contributed by atoms with Crippen LogP contribution in [0.15, 0.2) is 12.3 Å². The Kier molecular flexibility index (Phi) is 7.09. The van der Waals surface area contributed by atoms with E-state index in [1.165, 1.54) is 0 Å². The average molecular weight is 288 g/mol. The largest absolute Gasteiger partial charge is 0.383 e. The summed E-state index contributed by atoms with van der Waals surface area (Å²) in [5, 5.41) is 0.595. The van der Waals surface area contributed by atoms with Crippen LogP contribution < -0.4 is 10.6 Å². The lowest BCUT2D eigenvalue weighted by atomic mass is 10.2. The Labute approximate surface area is 119 Å². The highest BCUT2D eigenvalue weighted by Crippen LogP contribution is 2.21. The molecule has 6 heteroatoms. The van der Waals surface area contributed by atoms with E-state index in [4.69, 9.17) is 26.8 Å². The van der Waals surface area contributed by atoms with Crippen molar-refractivity contribution in [3.63, 3.8) is 0 Å². The summed E-state index contributed by atoms with van der Waals surface area (Å²) in [5.74, 6) is 0.839. The van der Waals surface area contributed by atoms with Crippen molar-refractivity contribution in [2.45, 2.75) is 19.5 Å². The van der Waals surface area contributed by atoms with Crippen molar-refractivity contribution in [1.29, 1.82) is 0 Å². The molecule has 0 radical (unpaired) electrons. The summed E-state index contributed by atoms with van der Waals surface area (Å²) < 4.78 is 10.3. The van der Waals surface area contributed by atoms with Gasteiger partial charge in [-0.05, 0) is 18.6 Å². The molecule has 2 N–H and O–H groups in total. The molecule has 1 rings (SSSR count). The molecule has 0 fully saturated rings. The highest BCUT2D eigenvalue weighted by atomic mass is 35.5. The quantitative estimate of drug-likeness (QED) is 0.788. The number of halogens is 1. The Hall–Kier alpha value is -0.880. The molecular formula is C13H22ClN3O2. The van der Waals surface area contributed by atoms with Gasteiger partial charge in [-0.2, -0.15) is 0 Å². The topological polar surface area (TPSA) is 60.6 Å². The zero-order chi connectivity index (χ0) is 14.3. The lowest BCUT2D eigenvalue weighted by molar-refractivity contribution is 0.170. The number of methoxy groups -OCH3 is 2. The fourth-order valence-corrected chi connectivity index (χ4v) is 2.04. The Morgan fingerprint density at radius 3 is 2.74 bits per heavy atom. The standard InChI is InChI=1S/C13H22ClN3O2/c1-10(9-19-3)17(4-5-18-2)13-6-11(7-15)12(14)8-16-13/h6,8,10H,4-5,7,9,15H2,1-3H3. The molecule has 108 valence electrons. The summed E-state index contributed by atoms with van der Waals surface area (Å²) in [6, 6.07) is 2.11. The summed E-state index contributed by atoms with van der Waals surface area (Å²) in [6.45, 7) is 4.45. The maximum absolute atomic E-state index is 6.04. The van der Waals surface area contributed by atoms with Crippen LogP contribution in [-0.2, 0) is 16.0 Å². The van der Waals surface area contributed by atoms with Gasteiger partial charge in [0.1, 0.15) is 5.82 Å². The van der Waals surface area contributed by atoms with E-state index in [0.29, 0.717) is 24.8 Å². The van der Waals surface area contributed by atoms with E-state index in [1.807, 2.05) is 6.07 Å². The van der Waals surface area contributed by atoms with Gasteiger partial charge in [-0.15, -0.1) is 0 Å². The predicted octanol–water partition coefficient (Wildman–Crippen LogP) is 1.68. The number of hydrogen-bond donors (Lipinski definition) is 1. The third kappa shape index (κ3) is 4.62. The van der Waals surface area contributed by atoms with E-state index >= 15 is 0 Å². The number of nitrogens with two attached hydrogens (primary N) is 1. The molecule has 1 unspecified atom stereocenters. The average Bonchev–Trinajstić information content (AvgIpc) is 2.41. The third-order valence-electron chi connectivity index (χ3n) is 2.91. The van der Waals surface area contributed by atoms with Gasteiger partial charge in [0.25, 0.3) is 0 Å².